The zero-order valence-electron chi connectivity index (χ0n) is 19.6. The van der Waals surface area contributed by atoms with Crippen LogP contribution in [-0.2, 0) is 0 Å². The van der Waals surface area contributed by atoms with Gasteiger partial charge in [-0.05, 0) is 38.5 Å². The number of hydrogen-bond acceptors (Lipinski definition) is 8. The third kappa shape index (κ3) is 3.62. The molecule has 4 heterocycles. The lowest BCUT2D eigenvalue weighted by Crippen LogP contribution is -2.10. The number of aromatic nitrogens is 8. The molecule has 4 aromatic heterocycles. The van der Waals surface area contributed by atoms with Crippen LogP contribution in [0.15, 0.2) is 49.1 Å². The van der Waals surface area contributed by atoms with Crippen LogP contribution in [0.3, 0.4) is 0 Å². The number of nitrogens with zero attached hydrogens (tertiary/aromatic N) is 8. The Hall–Kier alpha value is -4.34. The molecule has 0 N–H and O–H groups in total. The summed E-state index contributed by atoms with van der Waals surface area (Å²) in [5.41, 5.74) is 5.01. The number of aryl methyl sites for hydroxylation is 2. The van der Waals surface area contributed by atoms with E-state index in [4.69, 9.17) is 14.5 Å². The van der Waals surface area contributed by atoms with Crippen LogP contribution in [0.2, 0.25) is 0 Å². The monoisotopic (exact) mass is 456 g/mol. The Morgan fingerprint density at radius 2 is 1.74 bits per heavy atom. The molecule has 1 aromatic carbocycles. The van der Waals surface area contributed by atoms with Crippen molar-refractivity contribution in [2.45, 2.75) is 26.8 Å². The van der Waals surface area contributed by atoms with Crippen LogP contribution in [0.5, 0.6) is 11.8 Å². The van der Waals surface area contributed by atoms with Gasteiger partial charge in [-0.1, -0.05) is 12.1 Å². The van der Waals surface area contributed by atoms with Crippen LogP contribution in [0.4, 0.5) is 0 Å². The molecule has 0 radical (unpaired) electrons. The topological polar surface area (TPSA) is 106 Å². The molecule has 10 heteroatoms. The first-order valence-electron chi connectivity index (χ1n) is 10.8. The summed E-state index contributed by atoms with van der Waals surface area (Å²) in [5.74, 6) is 1.62. The van der Waals surface area contributed by atoms with E-state index < -0.39 is 0 Å². The fourth-order valence-corrected chi connectivity index (χ4v) is 3.94. The molecule has 5 rings (SSSR count). The van der Waals surface area contributed by atoms with Crippen LogP contribution in [0.25, 0.3) is 28.1 Å². The van der Waals surface area contributed by atoms with Gasteiger partial charge in [-0.25, -0.2) is 29.3 Å². The quantitative estimate of drug-likeness (QED) is 0.381. The van der Waals surface area contributed by atoms with Crippen molar-refractivity contribution >= 4 is 11.0 Å². The molecule has 0 fully saturated rings. The Bertz CT molecular complexity index is 1470. The molecule has 1 unspecified atom stereocenters. The van der Waals surface area contributed by atoms with Crippen LogP contribution < -0.4 is 9.47 Å². The van der Waals surface area contributed by atoms with E-state index in [1.54, 1.807) is 31.3 Å². The first-order valence-corrected chi connectivity index (χ1v) is 10.8. The van der Waals surface area contributed by atoms with Gasteiger partial charge in [0.1, 0.15) is 11.9 Å². The lowest BCUT2D eigenvalue weighted by atomic mass is 10.1. The number of benzene rings is 1. The Kier molecular flexibility index (Phi) is 5.40. The average Bonchev–Trinajstić information content (AvgIpc) is 3.46. The normalized spacial score (nSPS) is 12.1. The summed E-state index contributed by atoms with van der Waals surface area (Å²) >= 11 is 0. The first-order chi connectivity index (χ1) is 16.5. The van der Waals surface area contributed by atoms with Crippen molar-refractivity contribution in [1.29, 1.82) is 0 Å². The number of ether oxygens (including phenoxy) is 2. The molecule has 0 amide bonds. The highest BCUT2D eigenvalue weighted by Gasteiger charge is 2.19. The van der Waals surface area contributed by atoms with Crippen molar-refractivity contribution in [1.82, 2.24) is 39.5 Å². The molecule has 34 heavy (non-hydrogen) atoms. The molecule has 0 saturated heterocycles. The summed E-state index contributed by atoms with van der Waals surface area (Å²) in [5, 5.41) is 9.96. The molecule has 5 aromatic rings. The lowest BCUT2D eigenvalue weighted by Gasteiger charge is -2.15. The van der Waals surface area contributed by atoms with E-state index in [1.807, 2.05) is 36.7 Å². The fourth-order valence-electron chi connectivity index (χ4n) is 3.94. The van der Waals surface area contributed by atoms with Gasteiger partial charge in [0.25, 0.3) is 0 Å². The van der Waals surface area contributed by atoms with Gasteiger partial charge in [-0.15, -0.1) is 0 Å². The van der Waals surface area contributed by atoms with E-state index in [9.17, 15) is 0 Å². The molecular weight excluding hydrogens is 432 g/mol. The molecule has 0 aliphatic rings. The summed E-state index contributed by atoms with van der Waals surface area (Å²) < 4.78 is 14.5. The zero-order valence-corrected chi connectivity index (χ0v) is 19.6. The third-order valence-corrected chi connectivity index (χ3v) is 5.75. The predicted molar refractivity (Wildman–Crippen MR) is 126 cm³/mol. The Balaban J connectivity index is 1.52. The number of hydrogen-bond donors (Lipinski definition) is 0. The molecule has 0 spiro atoms. The van der Waals surface area contributed by atoms with Gasteiger partial charge in [0.05, 0.1) is 48.9 Å². The van der Waals surface area contributed by atoms with E-state index in [2.05, 4.69) is 44.2 Å². The highest BCUT2D eigenvalue weighted by Crippen LogP contribution is 2.30. The molecular formula is C24H24N8O2. The van der Waals surface area contributed by atoms with Gasteiger partial charge < -0.3 is 9.47 Å². The van der Waals surface area contributed by atoms with E-state index in [0.29, 0.717) is 23.1 Å². The third-order valence-electron chi connectivity index (χ3n) is 5.75. The van der Waals surface area contributed by atoms with Gasteiger partial charge in [0.2, 0.25) is 11.8 Å². The van der Waals surface area contributed by atoms with Crippen molar-refractivity contribution in [2.75, 3.05) is 14.2 Å². The minimum atomic E-state index is -0.0643. The van der Waals surface area contributed by atoms with Crippen LogP contribution in [-0.4, -0.2) is 53.7 Å². The summed E-state index contributed by atoms with van der Waals surface area (Å²) in [6.07, 6.45) is 4.99. The minimum absolute atomic E-state index is 0.0643. The van der Waals surface area contributed by atoms with Gasteiger partial charge in [-0.2, -0.15) is 10.2 Å². The maximum absolute atomic E-state index is 5.43. The molecule has 0 aliphatic carbocycles. The summed E-state index contributed by atoms with van der Waals surface area (Å²) in [6, 6.07) is 9.99. The summed E-state index contributed by atoms with van der Waals surface area (Å²) in [4.78, 5) is 17.8. The largest absolute Gasteiger partial charge is 0.481 e. The lowest BCUT2D eigenvalue weighted by molar-refractivity contribution is 0.383. The SMILES string of the molecule is COc1ncnc(C)c1-c1ncc2cnn(C(C)c3ccc(-n4nc(C)cc4OC)cc3)c2n1. The number of fused-ring (bicyclic) bond motifs is 1. The van der Waals surface area contributed by atoms with Gasteiger partial charge in [-0.3, -0.25) is 0 Å². The Labute approximate surface area is 196 Å². The van der Waals surface area contributed by atoms with Crippen LogP contribution in [0.1, 0.15) is 29.9 Å². The second-order valence-corrected chi connectivity index (χ2v) is 7.91. The number of rotatable bonds is 6. The molecule has 0 aliphatic heterocycles. The van der Waals surface area contributed by atoms with Crippen LogP contribution in [0, 0.1) is 13.8 Å². The Morgan fingerprint density at radius 3 is 2.47 bits per heavy atom. The molecule has 0 bridgehead atoms. The molecule has 0 saturated carbocycles. The molecule has 1 atom stereocenters. The standard InChI is InChI=1S/C24H24N8O2/c1-14-10-20(33-4)32(30-14)19-8-6-17(7-9-19)16(3)31-23-18(12-28-31)11-25-22(29-23)21-15(2)26-13-27-24(21)34-5/h6-13,16H,1-5H3. The maximum atomic E-state index is 5.43. The van der Waals surface area contributed by atoms with Crippen molar-refractivity contribution in [3.8, 4) is 28.8 Å². The highest BCUT2D eigenvalue weighted by molar-refractivity contribution is 5.77. The smallest absolute Gasteiger partial charge is 0.227 e. The summed E-state index contributed by atoms with van der Waals surface area (Å²) in [6.45, 7) is 5.90. The van der Waals surface area contributed by atoms with E-state index >= 15 is 0 Å². The van der Waals surface area contributed by atoms with E-state index in [-0.39, 0.29) is 6.04 Å². The van der Waals surface area contributed by atoms with Crippen molar-refractivity contribution in [3.05, 3.63) is 66.0 Å². The van der Waals surface area contributed by atoms with E-state index in [0.717, 1.165) is 33.7 Å². The van der Waals surface area contributed by atoms with Gasteiger partial charge in [0, 0.05) is 12.3 Å². The van der Waals surface area contributed by atoms with Crippen molar-refractivity contribution in [3.63, 3.8) is 0 Å². The summed E-state index contributed by atoms with van der Waals surface area (Å²) in [7, 11) is 3.21. The number of methoxy groups -OCH3 is 2. The molecule has 172 valence electrons. The van der Waals surface area contributed by atoms with Crippen LogP contribution >= 0.6 is 0 Å². The van der Waals surface area contributed by atoms with Gasteiger partial charge >= 0.3 is 0 Å². The second kappa shape index (κ2) is 8.54. The zero-order chi connectivity index (χ0) is 23.8. The van der Waals surface area contributed by atoms with E-state index in [1.165, 1.54) is 6.33 Å². The minimum Gasteiger partial charge on any atom is -0.481 e. The Morgan fingerprint density at radius 1 is 0.941 bits per heavy atom. The first kappa shape index (κ1) is 21.5. The maximum Gasteiger partial charge on any atom is 0.227 e. The average molecular weight is 457 g/mol. The fraction of sp³-hybridized carbons (Fsp3) is 0.250. The van der Waals surface area contributed by atoms with Gasteiger partial charge in [0.15, 0.2) is 11.5 Å². The predicted octanol–water partition coefficient (Wildman–Crippen LogP) is 3.71. The van der Waals surface area contributed by atoms with Crippen molar-refractivity contribution in [2.24, 2.45) is 0 Å². The molecule has 10 nitrogen and oxygen atoms in total. The van der Waals surface area contributed by atoms with Crippen molar-refractivity contribution < 1.29 is 9.47 Å². The highest BCUT2D eigenvalue weighted by atomic mass is 16.5. The second-order valence-electron chi connectivity index (χ2n) is 7.91.